The van der Waals surface area contributed by atoms with E-state index in [-0.39, 0.29) is 27.5 Å². The molecule has 126 valence electrons. The first kappa shape index (κ1) is 18.1. The maximum absolute atomic E-state index is 13.7. The minimum absolute atomic E-state index is 0.0653. The molecule has 0 radical (unpaired) electrons. The van der Waals surface area contributed by atoms with Gasteiger partial charge in [-0.15, -0.1) is 11.8 Å². The number of pyridine rings is 1. The van der Waals surface area contributed by atoms with Crippen molar-refractivity contribution in [3.05, 3.63) is 22.4 Å². The van der Waals surface area contributed by atoms with Crippen molar-refractivity contribution in [3.63, 3.8) is 0 Å². The van der Waals surface area contributed by atoms with Gasteiger partial charge in [-0.25, -0.2) is 4.98 Å². The summed E-state index contributed by atoms with van der Waals surface area (Å²) in [5.74, 6) is 0.747. The summed E-state index contributed by atoms with van der Waals surface area (Å²) in [6, 6.07) is 1.76. The van der Waals surface area contributed by atoms with Crippen LogP contribution in [0.3, 0.4) is 0 Å². The highest BCUT2D eigenvalue weighted by Gasteiger charge is 2.42. The van der Waals surface area contributed by atoms with Crippen molar-refractivity contribution in [2.75, 3.05) is 5.75 Å². The monoisotopic (exact) mass is 342 g/mol. The predicted octanol–water partition coefficient (Wildman–Crippen LogP) is 5.24. The third kappa shape index (κ3) is 3.65. The summed E-state index contributed by atoms with van der Waals surface area (Å²) in [4.78, 5) is 4.40. The normalized spacial score (nSPS) is 18.4. The van der Waals surface area contributed by atoms with Gasteiger partial charge >= 0.3 is 6.18 Å². The van der Waals surface area contributed by atoms with Gasteiger partial charge in [0.2, 0.25) is 0 Å². The number of hydrogen-bond donors (Lipinski definition) is 0. The Labute approximate surface area is 139 Å². The summed E-state index contributed by atoms with van der Waals surface area (Å²) in [7, 11) is 0. The average molecular weight is 342 g/mol. The Balaban J connectivity index is 2.66. The highest BCUT2D eigenvalue weighted by molar-refractivity contribution is 7.99. The molecule has 23 heavy (non-hydrogen) atoms. The third-order valence-electron chi connectivity index (χ3n) is 4.43. The minimum Gasteiger partial charge on any atom is -0.245 e. The summed E-state index contributed by atoms with van der Waals surface area (Å²) < 4.78 is 41.0. The lowest BCUT2D eigenvalue weighted by Gasteiger charge is -2.36. The van der Waals surface area contributed by atoms with E-state index in [1.165, 1.54) is 11.8 Å². The summed E-state index contributed by atoms with van der Waals surface area (Å²) in [6.07, 6.45) is -2.81. The lowest BCUT2D eigenvalue weighted by Crippen LogP contribution is -2.30. The number of aryl methyl sites for hydroxylation is 1. The molecule has 1 aromatic heterocycles. The molecule has 0 fully saturated rings. The van der Waals surface area contributed by atoms with E-state index in [9.17, 15) is 18.4 Å². The first-order valence-corrected chi connectivity index (χ1v) is 8.74. The zero-order chi connectivity index (χ0) is 17.4. The smallest absolute Gasteiger partial charge is 0.245 e. The van der Waals surface area contributed by atoms with Crippen LogP contribution in [0.25, 0.3) is 0 Å². The Bertz CT molecular complexity index is 639. The summed E-state index contributed by atoms with van der Waals surface area (Å²) in [5.41, 5.74) is -0.370. The molecule has 1 heterocycles. The van der Waals surface area contributed by atoms with Gasteiger partial charge in [-0.05, 0) is 41.9 Å². The first-order valence-electron chi connectivity index (χ1n) is 7.75. The van der Waals surface area contributed by atoms with Gasteiger partial charge in [0.1, 0.15) is 11.1 Å². The number of nitriles is 1. The van der Waals surface area contributed by atoms with E-state index in [1.807, 2.05) is 6.92 Å². The van der Waals surface area contributed by atoms with E-state index in [0.717, 1.165) is 6.42 Å². The van der Waals surface area contributed by atoms with Gasteiger partial charge in [0.15, 0.2) is 0 Å². The third-order valence-corrected chi connectivity index (χ3v) is 5.29. The fourth-order valence-electron chi connectivity index (χ4n) is 3.13. The molecule has 0 amide bonds. The van der Waals surface area contributed by atoms with Crippen LogP contribution in [0.2, 0.25) is 0 Å². The zero-order valence-corrected chi connectivity index (χ0v) is 14.7. The lowest BCUT2D eigenvalue weighted by molar-refractivity contribution is -0.139. The Morgan fingerprint density at radius 3 is 2.43 bits per heavy atom. The van der Waals surface area contributed by atoms with Crippen LogP contribution in [-0.2, 0) is 19.0 Å². The number of rotatable bonds is 2. The standard InChI is InChI=1S/C17H21F3N2S/c1-5-23-15-12(9-21)14(17(18,19)20)11-8-10(16(2,3)4)6-7-13(11)22-15/h10H,5-8H2,1-4H3. The van der Waals surface area contributed by atoms with Gasteiger partial charge in [0.25, 0.3) is 0 Å². The van der Waals surface area contributed by atoms with E-state index in [2.05, 4.69) is 25.8 Å². The molecule has 6 heteroatoms. The van der Waals surface area contributed by atoms with Gasteiger partial charge in [-0.2, -0.15) is 18.4 Å². The predicted molar refractivity (Wildman–Crippen MR) is 85.3 cm³/mol. The van der Waals surface area contributed by atoms with Crippen molar-refractivity contribution in [1.29, 1.82) is 5.26 Å². The SMILES string of the molecule is CCSc1nc2c(c(C(F)(F)F)c1C#N)CC(C(C)(C)C)CC2. The molecule has 0 bridgehead atoms. The van der Waals surface area contributed by atoms with Gasteiger partial charge in [-0.1, -0.05) is 27.7 Å². The molecule has 1 unspecified atom stereocenters. The lowest BCUT2D eigenvalue weighted by atomic mass is 9.70. The second-order valence-electron chi connectivity index (χ2n) is 6.94. The zero-order valence-electron chi connectivity index (χ0n) is 13.8. The maximum atomic E-state index is 13.7. The summed E-state index contributed by atoms with van der Waals surface area (Å²) in [6.45, 7) is 8.00. The number of alkyl halides is 3. The van der Waals surface area contributed by atoms with Crippen LogP contribution in [0.4, 0.5) is 13.2 Å². The average Bonchev–Trinajstić information content (AvgIpc) is 2.43. The van der Waals surface area contributed by atoms with Crippen molar-refractivity contribution < 1.29 is 13.2 Å². The van der Waals surface area contributed by atoms with Gasteiger partial charge in [-0.3, -0.25) is 0 Å². The molecule has 0 aromatic carbocycles. The molecule has 1 aliphatic carbocycles. The van der Waals surface area contributed by atoms with Crippen LogP contribution in [0, 0.1) is 22.7 Å². The Morgan fingerprint density at radius 1 is 1.30 bits per heavy atom. The highest BCUT2D eigenvalue weighted by atomic mass is 32.2. The van der Waals surface area contributed by atoms with Crippen LogP contribution < -0.4 is 0 Å². The van der Waals surface area contributed by atoms with E-state index >= 15 is 0 Å². The molecule has 0 spiro atoms. The van der Waals surface area contributed by atoms with Crippen LogP contribution in [-0.4, -0.2) is 10.7 Å². The Hall–Kier alpha value is -1.22. The quantitative estimate of drug-likeness (QED) is 0.690. The van der Waals surface area contributed by atoms with E-state index in [1.54, 1.807) is 6.07 Å². The van der Waals surface area contributed by atoms with Crippen molar-refractivity contribution in [2.24, 2.45) is 11.3 Å². The topological polar surface area (TPSA) is 36.7 Å². The summed E-state index contributed by atoms with van der Waals surface area (Å²) >= 11 is 1.20. The Morgan fingerprint density at radius 2 is 1.96 bits per heavy atom. The molecule has 2 nitrogen and oxygen atoms in total. The molecular weight excluding hydrogens is 321 g/mol. The van der Waals surface area contributed by atoms with E-state index in [4.69, 9.17) is 0 Å². The van der Waals surface area contributed by atoms with Crippen molar-refractivity contribution in [1.82, 2.24) is 4.98 Å². The molecular formula is C17H21F3N2S. The fraction of sp³-hybridized carbons (Fsp3) is 0.647. The second kappa shape index (κ2) is 6.35. The fourth-order valence-corrected chi connectivity index (χ4v) is 3.87. The van der Waals surface area contributed by atoms with Crippen LogP contribution in [0.5, 0.6) is 0 Å². The van der Waals surface area contributed by atoms with Crippen LogP contribution >= 0.6 is 11.8 Å². The van der Waals surface area contributed by atoms with Crippen molar-refractivity contribution >= 4 is 11.8 Å². The van der Waals surface area contributed by atoms with Crippen molar-refractivity contribution in [3.8, 4) is 6.07 Å². The Kier molecular flexibility index (Phi) is 5.00. The number of thioether (sulfide) groups is 1. The van der Waals surface area contributed by atoms with Crippen LogP contribution in [0.1, 0.15) is 56.5 Å². The molecule has 1 atom stereocenters. The molecule has 0 N–H and O–H groups in total. The molecule has 1 aliphatic rings. The molecule has 0 aliphatic heterocycles. The molecule has 0 saturated heterocycles. The van der Waals surface area contributed by atoms with Crippen LogP contribution in [0.15, 0.2) is 5.03 Å². The molecule has 0 saturated carbocycles. The number of nitrogens with zero attached hydrogens (tertiary/aromatic N) is 2. The second-order valence-corrected chi connectivity index (χ2v) is 8.19. The van der Waals surface area contributed by atoms with Gasteiger partial charge in [0, 0.05) is 5.69 Å². The van der Waals surface area contributed by atoms with E-state index in [0.29, 0.717) is 24.3 Å². The number of halogens is 3. The largest absolute Gasteiger partial charge is 0.418 e. The van der Waals surface area contributed by atoms with Gasteiger partial charge < -0.3 is 0 Å². The minimum atomic E-state index is -4.53. The summed E-state index contributed by atoms with van der Waals surface area (Å²) in [5, 5.41) is 9.53. The van der Waals surface area contributed by atoms with E-state index < -0.39 is 11.7 Å². The van der Waals surface area contributed by atoms with Crippen molar-refractivity contribution in [2.45, 2.75) is 58.2 Å². The number of aromatic nitrogens is 1. The molecule has 1 aromatic rings. The molecule has 2 rings (SSSR count). The highest BCUT2D eigenvalue weighted by Crippen LogP contribution is 2.44. The first-order chi connectivity index (χ1) is 10.6. The number of hydrogen-bond acceptors (Lipinski definition) is 3. The maximum Gasteiger partial charge on any atom is 0.418 e. The number of fused-ring (bicyclic) bond motifs is 1. The van der Waals surface area contributed by atoms with Gasteiger partial charge in [0.05, 0.1) is 11.1 Å².